The van der Waals surface area contributed by atoms with Crippen molar-refractivity contribution in [3.8, 4) is 5.75 Å². The molecule has 0 N–H and O–H groups in total. The second-order valence-electron chi connectivity index (χ2n) is 3.56. The van der Waals surface area contributed by atoms with Crippen molar-refractivity contribution in [1.29, 1.82) is 0 Å². The second-order valence-corrected chi connectivity index (χ2v) is 4.41. The Morgan fingerprint density at radius 1 is 1.40 bits per heavy atom. The molecule has 4 heteroatoms. The monoisotopic (exact) mass is 275 g/mol. The van der Waals surface area contributed by atoms with Crippen molar-refractivity contribution in [2.75, 3.05) is 27.2 Å². The van der Waals surface area contributed by atoms with Crippen molar-refractivity contribution in [2.45, 2.75) is 6.42 Å². The highest BCUT2D eigenvalue weighted by Crippen LogP contribution is 2.27. The van der Waals surface area contributed by atoms with E-state index in [0.717, 1.165) is 13.0 Å². The number of benzene rings is 1. The van der Waals surface area contributed by atoms with Gasteiger partial charge in [0.2, 0.25) is 0 Å². The molecule has 0 aliphatic heterocycles. The van der Waals surface area contributed by atoms with Crippen LogP contribution in [0.25, 0.3) is 0 Å². The lowest BCUT2D eigenvalue weighted by atomic mass is 10.3. The molecule has 15 heavy (non-hydrogen) atoms. The van der Waals surface area contributed by atoms with Gasteiger partial charge in [-0.1, -0.05) is 6.07 Å². The van der Waals surface area contributed by atoms with Crippen molar-refractivity contribution in [3.63, 3.8) is 0 Å². The molecule has 1 aromatic rings. The quantitative estimate of drug-likeness (QED) is 0.767. The lowest BCUT2D eigenvalue weighted by Crippen LogP contribution is -2.15. The van der Waals surface area contributed by atoms with Gasteiger partial charge in [0, 0.05) is 6.54 Å². The van der Waals surface area contributed by atoms with E-state index in [-0.39, 0.29) is 5.82 Å². The van der Waals surface area contributed by atoms with Crippen LogP contribution in [-0.4, -0.2) is 32.1 Å². The molecule has 0 fully saturated rings. The van der Waals surface area contributed by atoms with Crippen LogP contribution in [0.5, 0.6) is 5.75 Å². The molecule has 0 spiro atoms. The SMILES string of the molecule is CN(C)CCCOc1c(F)cccc1Br. The van der Waals surface area contributed by atoms with Crippen LogP contribution in [0.15, 0.2) is 22.7 Å². The van der Waals surface area contributed by atoms with E-state index in [2.05, 4.69) is 20.8 Å². The van der Waals surface area contributed by atoms with Crippen molar-refractivity contribution in [1.82, 2.24) is 4.90 Å². The largest absolute Gasteiger partial charge is 0.489 e. The summed E-state index contributed by atoms with van der Waals surface area (Å²) in [5.74, 6) is -0.0227. The van der Waals surface area contributed by atoms with Crippen LogP contribution in [0.2, 0.25) is 0 Å². The highest BCUT2D eigenvalue weighted by Gasteiger charge is 2.06. The van der Waals surface area contributed by atoms with Crippen LogP contribution in [0.3, 0.4) is 0 Å². The summed E-state index contributed by atoms with van der Waals surface area (Å²) in [6.45, 7) is 1.46. The number of rotatable bonds is 5. The second kappa shape index (κ2) is 6.08. The molecule has 1 aromatic carbocycles. The van der Waals surface area contributed by atoms with Gasteiger partial charge in [-0.2, -0.15) is 0 Å². The Morgan fingerprint density at radius 2 is 2.13 bits per heavy atom. The molecular formula is C11H15BrFNO. The summed E-state index contributed by atoms with van der Waals surface area (Å²) in [5.41, 5.74) is 0. The maximum atomic E-state index is 13.3. The standard InChI is InChI=1S/C11H15BrFNO/c1-14(2)7-4-8-15-11-9(12)5-3-6-10(11)13/h3,5-6H,4,7-8H2,1-2H3. The highest BCUT2D eigenvalue weighted by molar-refractivity contribution is 9.10. The molecule has 0 saturated carbocycles. The lowest BCUT2D eigenvalue weighted by Gasteiger charge is -2.11. The molecule has 0 aliphatic rings. The van der Waals surface area contributed by atoms with Crippen molar-refractivity contribution in [2.24, 2.45) is 0 Å². The number of nitrogens with zero attached hydrogens (tertiary/aromatic N) is 1. The Hall–Kier alpha value is -0.610. The lowest BCUT2D eigenvalue weighted by molar-refractivity contribution is 0.269. The smallest absolute Gasteiger partial charge is 0.169 e. The molecule has 0 aliphatic carbocycles. The Morgan fingerprint density at radius 3 is 2.73 bits per heavy atom. The van der Waals surface area contributed by atoms with Crippen LogP contribution in [0.1, 0.15) is 6.42 Å². The van der Waals surface area contributed by atoms with E-state index >= 15 is 0 Å². The van der Waals surface area contributed by atoms with Gasteiger partial charge in [-0.15, -0.1) is 0 Å². The third-order valence-electron chi connectivity index (χ3n) is 1.92. The number of para-hydroxylation sites is 1. The summed E-state index contributed by atoms with van der Waals surface area (Å²) < 4.78 is 19.3. The first kappa shape index (κ1) is 12.5. The minimum atomic E-state index is -0.325. The van der Waals surface area contributed by atoms with Gasteiger partial charge in [0.05, 0.1) is 11.1 Å². The molecule has 0 saturated heterocycles. The predicted octanol–water partition coefficient (Wildman–Crippen LogP) is 2.92. The fourth-order valence-electron chi connectivity index (χ4n) is 1.18. The van der Waals surface area contributed by atoms with Gasteiger partial charge in [-0.05, 0) is 48.6 Å². The van der Waals surface area contributed by atoms with E-state index in [1.807, 2.05) is 14.1 Å². The molecule has 0 unspecified atom stereocenters. The number of hydrogen-bond donors (Lipinski definition) is 0. The highest BCUT2D eigenvalue weighted by atomic mass is 79.9. The minimum absolute atomic E-state index is 0.302. The fourth-order valence-corrected chi connectivity index (χ4v) is 1.63. The molecule has 0 amide bonds. The van der Waals surface area contributed by atoms with E-state index in [9.17, 15) is 4.39 Å². The van der Waals surface area contributed by atoms with Crippen molar-refractivity contribution in [3.05, 3.63) is 28.5 Å². The first-order chi connectivity index (χ1) is 7.11. The van der Waals surface area contributed by atoms with E-state index in [1.165, 1.54) is 6.07 Å². The summed E-state index contributed by atoms with van der Waals surface area (Å²) in [6, 6.07) is 4.81. The summed E-state index contributed by atoms with van der Waals surface area (Å²) in [4.78, 5) is 2.07. The van der Waals surface area contributed by atoms with E-state index in [0.29, 0.717) is 16.8 Å². The number of halogens is 2. The third kappa shape index (κ3) is 4.18. The number of ether oxygens (including phenoxy) is 1. The van der Waals surface area contributed by atoms with Gasteiger partial charge in [0.1, 0.15) is 0 Å². The predicted molar refractivity (Wildman–Crippen MR) is 62.8 cm³/mol. The fraction of sp³-hybridized carbons (Fsp3) is 0.455. The van der Waals surface area contributed by atoms with Gasteiger partial charge < -0.3 is 9.64 Å². The minimum Gasteiger partial charge on any atom is -0.489 e. The zero-order chi connectivity index (χ0) is 11.3. The molecule has 0 atom stereocenters. The first-order valence-corrected chi connectivity index (χ1v) is 5.62. The summed E-state index contributed by atoms with van der Waals surface area (Å²) in [7, 11) is 4.00. The number of hydrogen-bond acceptors (Lipinski definition) is 2. The molecule has 84 valence electrons. The Labute approximate surface area is 98.2 Å². The average molecular weight is 276 g/mol. The third-order valence-corrected chi connectivity index (χ3v) is 2.54. The van der Waals surface area contributed by atoms with E-state index < -0.39 is 0 Å². The summed E-state index contributed by atoms with van der Waals surface area (Å²) in [6.07, 6.45) is 0.883. The molecule has 1 rings (SSSR count). The summed E-state index contributed by atoms with van der Waals surface area (Å²) >= 11 is 3.25. The molecule has 0 aromatic heterocycles. The van der Waals surface area contributed by atoms with Crippen LogP contribution >= 0.6 is 15.9 Å². The van der Waals surface area contributed by atoms with Crippen LogP contribution in [0.4, 0.5) is 4.39 Å². The van der Waals surface area contributed by atoms with Gasteiger partial charge >= 0.3 is 0 Å². The maximum absolute atomic E-state index is 13.3. The van der Waals surface area contributed by atoms with Crippen LogP contribution in [0, 0.1) is 5.82 Å². The molecular weight excluding hydrogens is 261 g/mol. The van der Waals surface area contributed by atoms with Crippen LogP contribution in [-0.2, 0) is 0 Å². The molecule has 0 bridgehead atoms. The van der Waals surface area contributed by atoms with Crippen LogP contribution < -0.4 is 4.74 Å². The molecule has 0 heterocycles. The average Bonchev–Trinajstić information content (AvgIpc) is 2.15. The Balaban J connectivity index is 2.43. The van der Waals surface area contributed by atoms with Crippen molar-refractivity contribution >= 4 is 15.9 Å². The van der Waals surface area contributed by atoms with E-state index in [4.69, 9.17) is 4.74 Å². The van der Waals surface area contributed by atoms with Gasteiger partial charge in [-0.25, -0.2) is 4.39 Å². The normalized spacial score (nSPS) is 10.7. The topological polar surface area (TPSA) is 12.5 Å². The Kier molecular flexibility index (Phi) is 5.05. The van der Waals surface area contributed by atoms with Gasteiger partial charge in [0.25, 0.3) is 0 Å². The molecule has 0 radical (unpaired) electrons. The zero-order valence-electron chi connectivity index (χ0n) is 8.96. The Bertz CT molecular complexity index is 297. The first-order valence-electron chi connectivity index (χ1n) is 4.83. The zero-order valence-corrected chi connectivity index (χ0v) is 10.6. The van der Waals surface area contributed by atoms with E-state index in [1.54, 1.807) is 12.1 Å². The maximum Gasteiger partial charge on any atom is 0.169 e. The van der Waals surface area contributed by atoms with Crippen molar-refractivity contribution < 1.29 is 9.13 Å². The molecule has 2 nitrogen and oxygen atoms in total. The van der Waals surface area contributed by atoms with Gasteiger partial charge in [-0.3, -0.25) is 0 Å². The van der Waals surface area contributed by atoms with Gasteiger partial charge in [0.15, 0.2) is 11.6 Å². The summed E-state index contributed by atoms with van der Waals surface area (Å²) in [5, 5.41) is 0.